The molecule has 1 aliphatic rings. The summed E-state index contributed by atoms with van der Waals surface area (Å²) in [6.45, 7) is 3.06. The third-order valence-electron chi connectivity index (χ3n) is 3.16. The highest BCUT2D eigenvalue weighted by atomic mass is 16.2. The Labute approximate surface area is 103 Å². The van der Waals surface area contributed by atoms with Gasteiger partial charge in [0, 0.05) is 19.5 Å². The maximum absolute atomic E-state index is 11.8. The van der Waals surface area contributed by atoms with E-state index in [1.165, 1.54) is 0 Å². The summed E-state index contributed by atoms with van der Waals surface area (Å²) in [5.74, 6) is -0.136. The Morgan fingerprint density at radius 1 is 1.18 bits per heavy atom. The Hall–Kier alpha value is -1.10. The Bertz CT molecular complexity index is 273. The number of hydrogen-bond acceptors (Lipinski definition) is 3. The number of carbonyl (C=O) groups is 2. The number of carbonyl (C=O) groups excluding carboxylic acids is 2. The van der Waals surface area contributed by atoms with Gasteiger partial charge in [-0.2, -0.15) is 0 Å². The molecule has 0 aliphatic heterocycles. The summed E-state index contributed by atoms with van der Waals surface area (Å²) in [7, 11) is 0. The van der Waals surface area contributed by atoms with E-state index >= 15 is 0 Å². The Morgan fingerprint density at radius 3 is 2.41 bits per heavy atom. The standard InChI is InChI=1S/C12H23N3O2/c1-2-8-14-10(16)5-9-15-11(17)12(13)6-3-4-7-12/h2-9,13H2,1H3,(H,14,16)(H,15,17). The zero-order chi connectivity index (χ0) is 12.7. The van der Waals surface area contributed by atoms with Crippen LogP contribution < -0.4 is 16.4 Å². The summed E-state index contributed by atoms with van der Waals surface area (Å²) in [5.41, 5.74) is 5.29. The smallest absolute Gasteiger partial charge is 0.240 e. The van der Waals surface area contributed by atoms with Gasteiger partial charge in [0.2, 0.25) is 11.8 Å². The lowest BCUT2D eigenvalue weighted by Gasteiger charge is -2.22. The van der Waals surface area contributed by atoms with Gasteiger partial charge in [-0.25, -0.2) is 0 Å². The van der Waals surface area contributed by atoms with E-state index in [4.69, 9.17) is 5.73 Å². The average Bonchev–Trinajstić information content (AvgIpc) is 2.74. The van der Waals surface area contributed by atoms with Crippen molar-refractivity contribution in [2.45, 2.75) is 51.0 Å². The maximum atomic E-state index is 11.8. The van der Waals surface area contributed by atoms with Crippen LogP contribution >= 0.6 is 0 Å². The second kappa shape index (κ2) is 6.59. The fourth-order valence-corrected chi connectivity index (χ4v) is 2.05. The predicted molar refractivity (Wildman–Crippen MR) is 66.3 cm³/mol. The molecular formula is C12H23N3O2. The van der Waals surface area contributed by atoms with Crippen LogP contribution in [0.4, 0.5) is 0 Å². The maximum Gasteiger partial charge on any atom is 0.240 e. The fourth-order valence-electron chi connectivity index (χ4n) is 2.05. The summed E-state index contributed by atoms with van der Waals surface area (Å²) in [6.07, 6.45) is 4.77. The molecule has 0 saturated heterocycles. The van der Waals surface area contributed by atoms with Crippen LogP contribution in [0.5, 0.6) is 0 Å². The zero-order valence-corrected chi connectivity index (χ0v) is 10.6. The van der Waals surface area contributed by atoms with Crippen molar-refractivity contribution < 1.29 is 9.59 Å². The predicted octanol–water partition coefficient (Wildman–Crippen LogP) is 0.290. The minimum Gasteiger partial charge on any atom is -0.356 e. The number of nitrogens with one attached hydrogen (secondary N) is 2. The minimum absolute atomic E-state index is 0.0235. The first-order chi connectivity index (χ1) is 8.08. The molecular weight excluding hydrogens is 218 g/mol. The molecule has 0 radical (unpaired) electrons. The highest BCUT2D eigenvalue weighted by molar-refractivity contribution is 5.86. The third kappa shape index (κ3) is 4.34. The molecule has 5 nitrogen and oxygen atoms in total. The van der Waals surface area contributed by atoms with Gasteiger partial charge in [0.25, 0.3) is 0 Å². The van der Waals surface area contributed by atoms with Crippen molar-refractivity contribution in [1.82, 2.24) is 10.6 Å². The molecule has 0 spiro atoms. The molecule has 98 valence electrons. The van der Waals surface area contributed by atoms with E-state index in [0.29, 0.717) is 19.5 Å². The van der Waals surface area contributed by atoms with E-state index in [9.17, 15) is 9.59 Å². The van der Waals surface area contributed by atoms with Crippen LogP contribution in [0.25, 0.3) is 0 Å². The number of rotatable bonds is 6. The summed E-state index contributed by atoms with van der Waals surface area (Å²) < 4.78 is 0. The van der Waals surface area contributed by atoms with Gasteiger partial charge in [0.15, 0.2) is 0 Å². The lowest BCUT2D eigenvalue weighted by Crippen LogP contribution is -2.52. The summed E-state index contributed by atoms with van der Waals surface area (Å²) in [4.78, 5) is 23.1. The largest absolute Gasteiger partial charge is 0.356 e. The van der Waals surface area contributed by atoms with Gasteiger partial charge in [-0.05, 0) is 19.3 Å². The molecule has 0 unspecified atom stereocenters. The van der Waals surface area contributed by atoms with Crippen LogP contribution in [0.1, 0.15) is 45.4 Å². The quantitative estimate of drug-likeness (QED) is 0.625. The number of hydrogen-bond donors (Lipinski definition) is 3. The lowest BCUT2D eigenvalue weighted by molar-refractivity contribution is -0.126. The molecule has 2 amide bonds. The molecule has 1 saturated carbocycles. The molecule has 0 heterocycles. The highest BCUT2D eigenvalue weighted by Crippen LogP contribution is 2.27. The zero-order valence-electron chi connectivity index (χ0n) is 10.6. The second-order valence-electron chi connectivity index (χ2n) is 4.72. The van der Waals surface area contributed by atoms with Crippen molar-refractivity contribution in [1.29, 1.82) is 0 Å². The first kappa shape index (κ1) is 14.0. The van der Waals surface area contributed by atoms with Crippen molar-refractivity contribution in [2.75, 3.05) is 13.1 Å². The van der Waals surface area contributed by atoms with E-state index in [0.717, 1.165) is 32.1 Å². The van der Waals surface area contributed by atoms with Crippen LogP contribution in [0.15, 0.2) is 0 Å². The number of nitrogens with two attached hydrogens (primary N) is 1. The Balaban J connectivity index is 2.18. The summed E-state index contributed by atoms with van der Waals surface area (Å²) >= 11 is 0. The van der Waals surface area contributed by atoms with E-state index in [1.807, 2.05) is 6.92 Å². The molecule has 1 rings (SSSR count). The highest BCUT2D eigenvalue weighted by Gasteiger charge is 2.36. The average molecular weight is 241 g/mol. The molecule has 0 aromatic carbocycles. The third-order valence-corrected chi connectivity index (χ3v) is 3.16. The Morgan fingerprint density at radius 2 is 1.82 bits per heavy atom. The molecule has 0 aromatic rings. The van der Waals surface area contributed by atoms with Crippen molar-refractivity contribution in [2.24, 2.45) is 5.73 Å². The molecule has 0 aromatic heterocycles. The molecule has 5 heteroatoms. The van der Waals surface area contributed by atoms with Gasteiger partial charge in [0.1, 0.15) is 0 Å². The topological polar surface area (TPSA) is 84.2 Å². The van der Waals surface area contributed by atoms with Crippen molar-refractivity contribution >= 4 is 11.8 Å². The van der Waals surface area contributed by atoms with E-state index in [2.05, 4.69) is 10.6 Å². The van der Waals surface area contributed by atoms with Crippen molar-refractivity contribution in [3.05, 3.63) is 0 Å². The van der Waals surface area contributed by atoms with E-state index < -0.39 is 5.54 Å². The first-order valence-electron chi connectivity index (χ1n) is 6.42. The molecule has 1 fully saturated rings. The first-order valence-corrected chi connectivity index (χ1v) is 6.42. The van der Waals surface area contributed by atoms with Crippen LogP contribution in [0.2, 0.25) is 0 Å². The van der Waals surface area contributed by atoms with Gasteiger partial charge < -0.3 is 16.4 Å². The molecule has 1 aliphatic carbocycles. The van der Waals surface area contributed by atoms with Crippen LogP contribution in [-0.2, 0) is 9.59 Å². The van der Waals surface area contributed by atoms with Crippen molar-refractivity contribution in [3.8, 4) is 0 Å². The molecule has 4 N–H and O–H groups in total. The molecule has 0 atom stereocenters. The fraction of sp³-hybridized carbons (Fsp3) is 0.833. The second-order valence-corrected chi connectivity index (χ2v) is 4.72. The van der Waals surface area contributed by atoms with Gasteiger partial charge in [-0.1, -0.05) is 19.8 Å². The van der Waals surface area contributed by atoms with E-state index in [1.54, 1.807) is 0 Å². The number of amides is 2. The molecule has 17 heavy (non-hydrogen) atoms. The SMILES string of the molecule is CCCNC(=O)CCNC(=O)C1(N)CCCC1. The van der Waals surface area contributed by atoms with Crippen LogP contribution in [0.3, 0.4) is 0 Å². The van der Waals surface area contributed by atoms with Gasteiger partial charge in [-0.15, -0.1) is 0 Å². The van der Waals surface area contributed by atoms with Crippen LogP contribution in [0, 0.1) is 0 Å². The Kier molecular flexibility index (Phi) is 5.41. The van der Waals surface area contributed by atoms with Gasteiger partial charge in [-0.3, -0.25) is 9.59 Å². The summed E-state index contributed by atoms with van der Waals surface area (Å²) in [6, 6.07) is 0. The van der Waals surface area contributed by atoms with Crippen LogP contribution in [-0.4, -0.2) is 30.4 Å². The normalized spacial score (nSPS) is 17.8. The van der Waals surface area contributed by atoms with Gasteiger partial charge >= 0.3 is 0 Å². The van der Waals surface area contributed by atoms with Crippen molar-refractivity contribution in [3.63, 3.8) is 0 Å². The summed E-state index contributed by atoms with van der Waals surface area (Å²) in [5, 5.41) is 5.51. The molecule has 0 bridgehead atoms. The lowest BCUT2D eigenvalue weighted by atomic mass is 9.98. The van der Waals surface area contributed by atoms with Gasteiger partial charge in [0.05, 0.1) is 5.54 Å². The minimum atomic E-state index is -0.695. The van der Waals surface area contributed by atoms with E-state index in [-0.39, 0.29) is 11.8 Å². The monoisotopic (exact) mass is 241 g/mol.